The molecule has 6 heteroatoms. The van der Waals surface area contributed by atoms with Gasteiger partial charge in [0.15, 0.2) is 0 Å². The van der Waals surface area contributed by atoms with E-state index in [1.54, 1.807) is 6.07 Å². The van der Waals surface area contributed by atoms with Crippen LogP contribution in [0.25, 0.3) is 27.3 Å². The Labute approximate surface area is 142 Å². The summed E-state index contributed by atoms with van der Waals surface area (Å²) >= 11 is 0. The molecular formula is C19H14O6. The lowest BCUT2D eigenvalue weighted by molar-refractivity contribution is -0.136. The van der Waals surface area contributed by atoms with Crippen molar-refractivity contribution in [3.8, 4) is 0 Å². The maximum atomic E-state index is 12.3. The summed E-state index contributed by atoms with van der Waals surface area (Å²) in [5, 5.41) is 2.45. The number of esters is 2. The van der Waals surface area contributed by atoms with E-state index >= 15 is 0 Å². The molecule has 0 aliphatic heterocycles. The first-order valence-electron chi connectivity index (χ1n) is 7.39. The van der Waals surface area contributed by atoms with Gasteiger partial charge in [0.05, 0.1) is 25.4 Å². The summed E-state index contributed by atoms with van der Waals surface area (Å²) < 4.78 is 14.5. The number of rotatable bonds is 3. The maximum Gasteiger partial charge on any atom is 0.344 e. The van der Waals surface area contributed by atoms with E-state index in [0.717, 1.165) is 24.0 Å². The zero-order valence-corrected chi connectivity index (χ0v) is 13.6. The average Bonchev–Trinajstić information content (AvgIpc) is 2.64. The van der Waals surface area contributed by atoms with Gasteiger partial charge in [-0.15, -0.1) is 0 Å². The van der Waals surface area contributed by atoms with Crippen molar-refractivity contribution < 1.29 is 23.5 Å². The first-order valence-corrected chi connectivity index (χ1v) is 7.39. The largest absolute Gasteiger partial charge is 0.466 e. The molecule has 6 nitrogen and oxygen atoms in total. The molecule has 1 aromatic heterocycles. The van der Waals surface area contributed by atoms with Gasteiger partial charge in [-0.1, -0.05) is 30.3 Å². The zero-order chi connectivity index (χ0) is 18.0. The van der Waals surface area contributed by atoms with Crippen LogP contribution in [0.5, 0.6) is 0 Å². The lowest BCUT2D eigenvalue weighted by Crippen LogP contribution is -2.15. The summed E-state index contributed by atoms with van der Waals surface area (Å²) in [4.78, 5) is 35.9. The van der Waals surface area contributed by atoms with Crippen LogP contribution >= 0.6 is 0 Å². The van der Waals surface area contributed by atoms with E-state index in [1.807, 2.05) is 30.3 Å². The van der Waals surface area contributed by atoms with Crippen molar-refractivity contribution in [1.82, 2.24) is 0 Å². The summed E-state index contributed by atoms with van der Waals surface area (Å²) in [5.74, 6) is -1.62. The highest BCUT2D eigenvalue weighted by molar-refractivity contribution is 6.21. The molecule has 0 saturated heterocycles. The Morgan fingerprint density at radius 3 is 2.48 bits per heavy atom. The highest BCUT2D eigenvalue weighted by Crippen LogP contribution is 2.27. The predicted octanol–water partition coefficient (Wildman–Crippen LogP) is 2.68. The van der Waals surface area contributed by atoms with Crippen LogP contribution in [0.4, 0.5) is 0 Å². The van der Waals surface area contributed by atoms with Crippen molar-refractivity contribution in [2.24, 2.45) is 0 Å². The molecule has 0 radical (unpaired) electrons. The Balaban J connectivity index is 2.34. The van der Waals surface area contributed by atoms with E-state index in [4.69, 9.17) is 4.42 Å². The summed E-state index contributed by atoms with van der Waals surface area (Å²) in [6, 6.07) is 12.6. The molecule has 3 aromatic rings. The molecule has 25 heavy (non-hydrogen) atoms. The fourth-order valence-electron chi connectivity index (χ4n) is 2.59. The molecule has 0 aliphatic rings. The number of benzene rings is 2. The van der Waals surface area contributed by atoms with Gasteiger partial charge in [-0.05, 0) is 22.9 Å². The third-order valence-electron chi connectivity index (χ3n) is 3.80. The smallest absolute Gasteiger partial charge is 0.344 e. The Morgan fingerprint density at radius 1 is 1.00 bits per heavy atom. The SMILES string of the molecule is COC(=O)/C=C(\C(=O)OC)c1cc2c(ccc3ccccc32)oc1=O. The minimum Gasteiger partial charge on any atom is -0.466 e. The third kappa shape index (κ3) is 3.01. The first-order chi connectivity index (χ1) is 12.0. The Morgan fingerprint density at radius 2 is 1.76 bits per heavy atom. The van der Waals surface area contributed by atoms with E-state index < -0.39 is 17.6 Å². The lowest BCUT2D eigenvalue weighted by atomic mass is 10.0. The number of carbonyl (C=O) groups excluding carboxylic acids is 2. The van der Waals surface area contributed by atoms with Gasteiger partial charge >= 0.3 is 17.6 Å². The van der Waals surface area contributed by atoms with Gasteiger partial charge in [0, 0.05) is 11.5 Å². The summed E-state index contributed by atoms with van der Waals surface area (Å²) in [5.41, 5.74) is -0.655. The third-order valence-corrected chi connectivity index (χ3v) is 3.80. The average molecular weight is 338 g/mol. The molecule has 0 amide bonds. The molecule has 3 rings (SSSR count). The fourth-order valence-corrected chi connectivity index (χ4v) is 2.59. The molecule has 0 N–H and O–H groups in total. The number of ether oxygens (including phenoxy) is 2. The molecule has 0 unspecified atom stereocenters. The van der Waals surface area contributed by atoms with Crippen LogP contribution in [0, 0.1) is 0 Å². The van der Waals surface area contributed by atoms with Gasteiger partial charge in [-0.2, -0.15) is 0 Å². The van der Waals surface area contributed by atoms with Gasteiger partial charge in [0.25, 0.3) is 0 Å². The molecule has 0 spiro atoms. The standard InChI is InChI=1S/C19H14O6/c1-23-17(20)10-15(18(21)24-2)14-9-13-12-6-4-3-5-11(12)7-8-16(13)25-19(14)22/h3-10H,1-2H3/b15-10-. The second kappa shape index (κ2) is 6.60. The minimum atomic E-state index is -0.836. The number of methoxy groups -OCH3 is 2. The van der Waals surface area contributed by atoms with Crippen LogP contribution in [0.3, 0.4) is 0 Å². The highest BCUT2D eigenvalue weighted by atomic mass is 16.5. The number of hydrogen-bond acceptors (Lipinski definition) is 6. The number of hydrogen-bond donors (Lipinski definition) is 0. The first kappa shape index (κ1) is 16.4. The van der Waals surface area contributed by atoms with Gasteiger partial charge in [-0.25, -0.2) is 14.4 Å². The monoisotopic (exact) mass is 338 g/mol. The number of fused-ring (bicyclic) bond motifs is 3. The van der Waals surface area contributed by atoms with Crippen LogP contribution < -0.4 is 5.63 Å². The molecule has 0 saturated carbocycles. The molecule has 0 atom stereocenters. The van der Waals surface area contributed by atoms with Crippen LogP contribution in [0.2, 0.25) is 0 Å². The second-order valence-corrected chi connectivity index (χ2v) is 5.22. The second-order valence-electron chi connectivity index (χ2n) is 5.22. The van der Waals surface area contributed by atoms with E-state index in [1.165, 1.54) is 13.2 Å². The lowest BCUT2D eigenvalue weighted by Gasteiger charge is -2.07. The van der Waals surface area contributed by atoms with Gasteiger partial charge < -0.3 is 13.9 Å². The van der Waals surface area contributed by atoms with Crippen LogP contribution in [-0.4, -0.2) is 26.2 Å². The zero-order valence-electron chi connectivity index (χ0n) is 13.6. The molecule has 2 aromatic carbocycles. The Bertz CT molecular complexity index is 1070. The molecule has 0 bridgehead atoms. The van der Waals surface area contributed by atoms with Crippen LogP contribution in [0.1, 0.15) is 5.56 Å². The maximum absolute atomic E-state index is 12.3. The molecule has 0 fully saturated rings. The van der Waals surface area contributed by atoms with E-state index in [0.29, 0.717) is 11.0 Å². The summed E-state index contributed by atoms with van der Waals surface area (Å²) in [6.07, 6.45) is 0.912. The van der Waals surface area contributed by atoms with Gasteiger partial charge in [-0.3, -0.25) is 0 Å². The highest BCUT2D eigenvalue weighted by Gasteiger charge is 2.20. The predicted molar refractivity (Wildman–Crippen MR) is 92.0 cm³/mol. The molecule has 126 valence electrons. The molecular weight excluding hydrogens is 324 g/mol. The normalized spacial score (nSPS) is 11.5. The van der Waals surface area contributed by atoms with Crippen LogP contribution in [0.15, 0.2) is 57.8 Å². The van der Waals surface area contributed by atoms with Crippen LogP contribution in [-0.2, 0) is 19.1 Å². The minimum absolute atomic E-state index is 0.0684. The Hall–Kier alpha value is -3.41. The summed E-state index contributed by atoms with van der Waals surface area (Å²) in [6.45, 7) is 0. The van der Waals surface area contributed by atoms with Crippen molar-refractivity contribution in [2.45, 2.75) is 0 Å². The van der Waals surface area contributed by atoms with Crippen molar-refractivity contribution in [3.05, 3.63) is 64.5 Å². The van der Waals surface area contributed by atoms with E-state index in [9.17, 15) is 14.4 Å². The van der Waals surface area contributed by atoms with Gasteiger partial charge in [0.2, 0.25) is 0 Å². The van der Waals surface area contributed by atoms with E-state index in [2.05, 4.69) is 9.47 Å². The summed E-state index contributed by atoms with van der Waals surface area (Å²) in [7, 11) is 2.33. The Kier molecular flexibility index (Phi) is 4.35. The van der Waals surface area contributed by atoms with Crippen molar-refractivity contribution in [3.63, 3.8) is 0 Å². The molecule has 0 aliphatic carbocycles. The topological polar surface area (TPSA) is 82.8 Å². The van der Waals surface area contributed by atoms with Crippen molar-refractivity contribution in [2.75, 3.05) is 14.2 Å². The van der Waals surface area contributed by atoms with E-state index in [-0.39, 0.29) is 11.1 Å². The number of carbonyl (C=O) groups is 2. The van der Waals surface area contributed by atoms with Gasteiger partial charge in [0.1, 0.15) is 5.58 Å². The fraction of sp³-hybridized carbons (Fsp3) is 0.105. The molecule has 1 heterocycles. The van der Waals surface area contributed by atoms with Crippen molar-refractivity contribution in [1.29, 1.82) is 0 Å². The van der Waals surface area contributed by atoms with Crippen molar-refractivity contribution >= 4 is 39.3 Å². The quantitative estimate of drug-likeness (QED) is 0.316.